The zero-order chi connectivity index (χ0) is 24.0. The maximum absolute atomic E-state index is 12.7. The van der Waals surface area contributed by atoms with Gasteiger partial charge in [-0.15, -0.1) is 0 Å². The van der Waals surface area contributed by atoms with E-state index in [2.05, 4.69) is 20.0 Å². The lowest BCUT2D eigenvalue weighted by molar-refractivity contribution is -0.131. The van der Waals surface area contributed by atoms with Crippen LogP contribution < -0.4 is 24.2 Å². The lowest BCUT2D eigenvalue weighted by Crippen LogP contribution is -2.16. The number of para-hydroxylation sites is 1. The van der Waals surface area contributed by atoms with E-state index in [-0.39, 0.29) is 33.9 Å². The lowest BCUT2D eigenvalue weighted by atomic mass is 10.2. The van der Waals surface area contributed by atoms with Crippen molar-refractivity contribution in [3.63, 3.8) is 0 Å². The number of amides is 1. The molecule has 0 spiro atoms. The molecular formula is C21H20N4O7S. The molecule has 3 aromatic rings. The van der Waals surface area contributed by atoms with Crippen molar-refractivity contribution in [3.8, 4) is 17.6 Å². The van der Waals surface area contributed by atoms with Crippen molar-refractivity contribution >= 4 is 33.4 Å². The number of sulfonamides is 1. The van der Waals surface area contributed by atoms with E-state index in [1.807, 2.05) is 0 Å². The van der Waals surface area contributed by atoms with Crippen LogP contribution in [0.15, 0.2) is 59.5 Å². The Morgan fingerprint density at radius 1 is 0.939 bits per heavy atom. The number of aromatic nitrogens is 2. The molecule has 1 aromatic heterocycles. The van der Waals surface area contributed by atoms with Crippen LogP contribution in [0.5, 0.6) is 17.6 Å². The summed E-state index contributed by atoms with van der Waals surface area (Å²) < 4.78 is 42.7. The minimum atomic E-state index is -4.00. The summed E-state index contributed by atoms with van der Waals surface area (Å²) in [5.74, 6) is -0.900. The SMILES string of the molecule is COc1cc(NS(=O)(=O)c2ccc(NC(=O)c3ccccc3OC(C)=O)cc2)nc(OC)n1. The summed E-state index contributed by atoms with van der Waals surface area (Å²) in [5.41, 5.74) is 0.486. The quantitative estimate of drug-likeness (QED) is 0.373. The van der Waals surface area contributed by atoms with Crippen LogP contribution in [-0.2, 0) is 14.8 Å². The first-order valence-electron chi connectivity index (χ1n) is 9.40. The van der Waals surface area contributed by atoms with Crippen LogP contribution >= 0.6 is 0 Å². The summed E-state index contributed by atoms with van der Waals surface area (Å²) in [5, 5.41) is 2.63. The Bertz CT molecular complexity index is 1260. The van der Waals surface area contributed by atoms with E-state index in [4.69, 9.17) is 14.2 Å². The summed E-state index contributed by atoms with van der Waals surface area (Å²) in [7, 11) is -1.29. The smallest absolute Gasteiger partial charge is 0.321 e. The number of methoxy groups -OCH3 is 2. The molecule has 2 N–H and O–H groups in total. The molecule has 172 valence electrons. The molecule has 0 fully saturated rings. The summed E-state index contributed by atoms with van der Waals surface area (Å²) in [6.45, 7) is 1.23. The van der Waals surface area contributed by atoms with Crippen molar-refractivity contribution in [3.05, 3.63) is 60.2 Å². The predicted octanol–water partition coefficient (Wildman–Crippen LogP) is 2.47. The van der Waals surface area contributed by atoms with Gasteiger partial charge in [-0.2, -0.15) is 9.97 Å². The van der Waals surface area contributed by atoms with Crippen molar-refractivity contribution in [1.29, 1.82) is 0 Å². The number of carbonyl (C=O) groups is 2. The van der Waals surface area contributed by atoms with Gasteiger partial charge in [0.25, 0.3) is 15.9 Å². The van der Waals surface area contributed by atoms with Crippen LogP contribution in [0.2, 0.25) is 0 Å². The Morgan fingerprint density at radius 3 is 2.27 bits per heavy atom. The first-order valence-corrected chi connectivity index (χ1v) is 10.9. The summed E-state index contributed by atoms with van der Waals surface area (Å²) in [6.07, 6.45) is 0. The lowest BCUT2D eigenvalue weighted by Gasteiger charge is -2.11. The van der Waals surface area contributed by atoms with E-state index in [9.17, 15) is 18.0 Å². The molecule has 3 rings (SSSR count). The Morgan fingerprint density at radius 2 is 1.64 bits per heavy atom. The van der Waals surface area contributed by atoms with Gasteiger partial charge in [-0.05, 0) is 36.4 Å². The van der Waals surface area contributed by atoms with Crippen LogP contribution in [0.1, 0.15) is 17.3 Å². The summed E-state index contributed by atoms with van der Waals surface area (Å²) in [6, 6.07) is 12.9. The van der Waals surface area contributed by atoms with Gasteiger partial charge in [0.2, 0.25) is 5.88 Å². The predicted molar refractivity (Wildman–Crippen MR) is 118 cm³/mol. The molecule has 2 aromatic carbocycles. The molecule has 0 saturated carbocycles. The van der Waals surface area contributed by atoms with Crippen LogP contribution in [0.25, 0.3) is 0 Å². The van der Waals surface area contributed by atoms with E-state index >= 15 is 0 Å². The number of benzene rings is 2. The topological polar surface area (TPSA) is 146 Å². The second-order valence-corrected chi connectivity index (χ2v) is 8.14. The van der Waals surface area contributed by atoms with E-state index in [1.54, 1.807) is 12.1 Å². The standard InChI is InChI=1S/C21H20N4O7S/c1-13(26)32-17-7-5-4-6-16(17)20(27)22-14-8-10-15(11-9-14)33(28,29)25-18-12-19(30-2)24-21(23-18)31-3/h4-12H,1-3H3,(H,22,27)(H,23,24,25). The van der Waals surface area contributed by atoms with Crippen molar-refractivity contribution in [1.82, 2.24) is 9.97 Å². The molecule has 0 aliphatic heterocycles. The molecule has 0 bridgehead atoms. The van der Waals surface area contributed by atoms with Gasteiger partial charge in [0, 0.05) is 18.7 Å². The number of rotatable bonds is 8. The zero-order valence-electron chi connectivity index (χ0n) is 17.9. The van der Waals surface area contributed by atoms with E-state index in [0.717, 1.165) is 0 Å². The first-order chi connectivity index (χ1) is 15.7. The number of ether oxygens (including phenoxy) is 3. The number of nitrogens with zero attached hydrogens (tertiary/aromatic N) is 2. The molecule has 0 saturated heterocycles. The van der Waals surface area contributed by atoms with Gasteiger partial charge >= 0.3 is 12.0 Å². The number of hydrogen-bond donors (Lipinski definition) is 2. The highest BCUT2D eigenvalue weighted by Gasteiger charge is 2.18. The number of esters is 1. The largest absolute Gasteiger partial charge is 0.481 e. The fourth-order valence-electron chi connectivity index (χ4n) is 2.66. The zero-order valence-corrected chi connectivity index (χ0v) is 18.7. The minimum absolute atomic E-state index is 0.0434. The second-order valence-electron chi connectivity index (χ2n) is 6.46. The Hall–Kier alpha value is -4.19. The van der Waals surface area contributed by atoms with Gasteiger partial charge in [0.1, 0.15) is 5.75 Å². The first kappa shape index (κ1) is 23.5. The van der Waals surface area contributed by atoms with Gasteiger partial charge in [0.15, 0.2) is 5.82 Å². The van der Waals surface area contributed by atoms with Gasteiger partial charge < -0.3 is 19.5 Å². The van der Waals surface area contributed by atoms with Gasteiger partial charge in [0.05, 0.1) is 24.7 Å². The van der Waals surface area contributed by atoms with Crippen molar-refractivity contribution in [2.24, 2.45) is 0 Å². The third-order valence-electron chi connectivity index (χ3n) is 4.12. The molecule has 0 radical (unpaired) electrons. The van der Waals surface area contributed by atoms with E-state index < -0.39 is 21.9 Å². The van der Waals surface area contributed by atoms with Crippen molar-refractivity contribution in [2.75, 3.05) is 24.3 Å². The number of hydrogen-bond acceptors (Lipinski definition) is 9. The van der Waals surface area contributed by atoms with E-state index in [1.165, 1.54) is 63.6 Å². The molecular weight excluding hydrogens is 452 g/mol. The number of nitrogens with one attached hydrogen (secondary N) is 2. The van der Waals surface area contributed by atoms with Crippen molar-refractivity contribution in [2.45, 2.75) is 11.8 Å². The Labute approximate surface area is 189 Å². The highest BCUT2D eigenvalue weighted by atomic mass is 32.2. The third kappa shape index (κ3) is 5.95. The van der Waals surface area contributed by atoms with Crippen LogP contribution in [0.3, 0.4) is 0 Å². The molecule has 0 unspecified atom stereocenters. The summed E-state index contributed by atoms with van der Waals surface area (Å²) in [4.78, 5) is 31.6. The Kier molecular flexibility index (Phi) is 7.08. The van der Waals surface area contributed by atoms with Crippen LogP contribution in [0.4, 0.5) is 11.5 Å². The van der Waals surface area contributed by atoms with Gasteiger partial charge in [-0.3, -0.25) is 14.3 Å². The fourth-order valence-corrected chi connectivity index (χ4v) is 3.65. The molecule has 1 amide bonds. The highest BCUT2D eigenvalue weighted by molar-refractivity contribution is 7.92. The molecule has 33 heavy (non-hydrogen) atoms. The second kappa shape index (κ2) is 9.96. The van der Waals surface area contributed by atoms with E-state index in [0.29, 0.717) is 5.69 Å². The number of anilines is 2. The third-order valence-corrected chi connectivity index (χ3v) is 5.49. The Balaban J connectivity index is 1.76. The average Bonchev–Trinajstić information content (AvgIpc) is 2.78. The van der Waals surface area contributed by atoms with Crippen molar-refractivity contribution < 1.29 is 32.2 Å². The van der Waals surface area contributed by atoms with Gasteiger partial charge in [-0.25, -0.2) is 8.42 Å². The molecule has 0 aliphatic rings. The normalized spacial score (nSPS) is 10.8. The number of carbonyl (C=O) groups excluding carboxylic acids is 2. The maximum atomic E-state index is 12.7. The highest BCUT2D eigenvalue weighted by Crippen LogP contribution is 2.23. The van der Waals surface area contributed by atoms with Gasteiger partial charge in [-0.1, -0.05) is 12.1 Å². The minimum Gasteiger partial charge on any atom is -0.481 e. The molecule has 0 atom stereocenters. The van der Waals surface area contributed by atoms with Crippen LogP contribution in [-0.4, -0.2) is 44.5 Å². The fraction of sp³-hybridized carbons (Fsp3) is 0.143. The maximum Gasteiger partial charge on any atom is 0.321 e. The van der Waals surface area contributed by atoms with Crippen LogP contribution in [0, 0.1) is 0 Å². The average molecular weight is 472 g/mol. The molecule has 0 aliphatic carbocycles. The monoisotopic (exact) mass is 472 g/mol. The molecule has 1 heterocycles. The molecule has 11 nitrogen and oxygen atoms in total. The summed E-state index contributed by atoms with van der Waals surface area (Å²) >= 11 is 0. The molecule has 12 heteroatoms.